The molecule has 2 N–H and O–H groups in total. The first-order chi connectivity index (χ1) is 7.56. The molecule has 0 atom stereocenters. The molecule has 1 rings (SSSR count). The molecule has 0 bridgehead atoms. The molecule has 0 saturated heterocycles. The van der Waals surface area contributed by atoms with Gasteiger partial charge in [-0.05, 0) is 43.4 Å². The van der Waals surface area contributed by atoms with Crippen LogP contribution < -0.4 is 10.5 Å². The number of ether oxygens (including phenoxy) is 1. The third-order valence-electron chi connectivity index (χ3n) is 2.28. The Kier molecular flexibility index (Phi) is 5.09. The monoisotopic (exact) mass is 255 g/mol. The molecule has 4 heteroatoms. The smallest absolute Gasteiger partial charge is 0.125 e. The van der Waals surface area contributed by atoms with Crippen LogP contribution in [0.15, 0.2) is 12.1 Å². The van der Waals surface area contributed by atoms with Crippen LogP contribution in [0.2, 0.25) is 0 Å². The molecule has 0 spiro atoms. The molecule has 0 radical (unpaired) electrons. The Morgan fingerprint density at radius 3 is 2.38 bits per heavy atom. The Morgan fingerprint density at radius 2 is 1.94 bits per heavy atom. The molecule has 0 heterocycles. The van der Waals surface area contributed by atoms with Crippen molar-refractivity contribution in [2.45, 2.75) is 13.8 Å². The van der Waals surface area contributed by atoms with Crippen LogP contribution in [0, 0.1) is 13.8 Å². The van der Waals surface area contributed by atoms with Crippen molar-refractivity contribution >= 4 is 29.0 Å². The Labute approximate surface area is 107 Å². The van der Waals surface area contributed by atoms with Gasteiger partial charge in [0, 0.05) is 11.3 Å². The van der Waals surface area contributed by atoms with Gasteiger partial charge in [-0.25, -0.2) is 0 Å². The molecule has 1 aromatic carbocycles. The number of thiocarbonyl (C=S) groups is 1. The van der Waals surface area contributed by atoms with Gasteiger partial charge in [-0.15, -0.1) is 0 Å². The van der Waals surface area contributed by atoms with Crippen LogP contribution in [-0.2, 0) is 0 Å². The van der Waals surface area contributed by atoms with Crippen LogP contribution in [0.5, 0.6) is 5.75 Å². The predicted octanol–water partition coefficient (Wildman–Crippen LogP) is 2.68. The van der Waals surface area contributed by atoms with E-state index in [0.29, 0.717) is 4.99 Å². The Balaban J connectivity index is 2.89. The van der Waals surface area contributed by atoms with Crippen molar-refractivity contribution < 1.29 is 4.74 Å². The van der Waals surface area contributed by atoms with E-state index >= 15 is 0 Å². The lowest BCUT2D eigenvalue weighted by Gasteiger charge is -2.13. The van der Waals surface area contributed by atoms with Gasteiger partial charge in [-0.2, -0.15) is 11.8 Å². The molecule has 16 heavy (non-hydrogen) atoms. The minimum Gasteiger partial charge on any atom is -0.492 e. The van der Waals surface area contributed by atoms with Crippen LogP contribution >= 0.6 is 24.0 Å². The second kappa shape index (κ2) is 6.11. The highest BCUT2D eigenvalue weighted by Gasteiger charge is 2.07. The minimum absolute atomic E-state index is 0.432. The first-order valence-corrected chi connectivity index (χ1v) is 6.89. The van der Waals surface area contributed by atoms with Gasteiger partial charge in [-0.3, -0.25) is 0 Å². The zero-order valence-corrected chi connectivity index (χ0v) is 11.5. The summed E-state index contributed by atoms with van der Waals surface area (Å²) >= 11 is 6.74. The van der Waals surface area contributed by atoms with Gasteiger partial charge in [0.2, 0.25) is 0 Å². The van der Waals surface area contributed by atoms with E-state index in [4.69, 9.17) is 22.7 Å². The summed E-state index contributed by atoms with van der Waals surface area (Å²) in [4.78, 5) is 0.432. The van der Waals surface area contributed by atoms with Crippen molar-refractivity contribution in [3.8, 4) is 5.75 Å². The topological polar surface area (TPSA) is 35.2 Å². The molecule has 1 aromatic rings. The summed E-state index contributed by atoms with van der Waals surface area (Å²) in [6.45, 7) is 4.77. The SMILES string of the molecule is CSCCOc1c(C)cc(C(N)=S)cc1C. The molecule has 88 valence electrons. The van der Waals surface area contributed by atoms with E-state index in [-0.39, 0.29) is 0 Å². The van der Waals surface area contributed by atoms with E-state index in [2.05, 4.69) is 6.26 Å². The molecular weight excluding hydrogens is 238 g/mol. The number of nitrogens with two attached hydrogens (primary N) is 1. The zero-order chi connectivity index (χ0) is 12.1. The summed E-state index contributed by atoms with van der Waals surface area (Å²) in [5.41, 5.74) is 8.69. The molecule has 0 amide bonds. The van der Waals surface area contributed by atoms with Crippen molar-refractivity contribution in [3.05, 3.63) is 28.8 Å². The Hall–Kier alpha value is -0.740. The summed E-state index contributed by atoms with van der Waals surface area (Å²) in [6, 6.07) is 3.95. The van der Waals surface area contributed by atoms with Gasteiger partial charge >= 0.3 is 0 Å². The van der Waals surface area contributed by atoms with Crippen molar-refractivity contribution in [2.24, 2.45) is 5.73 Å². The van der Waals surface area contributed by atoms with E-state index in [0.717, 1.165) is 34.8 Å². The molecular formula is C12H17NOS2. The highest BCUT2D eigenvalue weighted by Crippen LogP contribution is 2.24. The quantitative estimate of drug-likeness (QED) is 0.648. The average Bonchev–Trinajstić information content (AvgIpc) is 2.21. The number of thioether (sulfide) groups is 1. The molecule has 0 fully saturated rings. The fraction of sp³-hybridized carbons (Fsp3) is 0.417. The van der Waals surface area contributed by atoms with Crippen LogP contribution in [0.25, 0.3) is 0 Å². The van der Waals surface area contributed by atoms with E-state index in [1.54, 1.807) is 11.8 Å². The van der Waals surface area contributed by atoms with E-state index in [1.807, 2.05) is 26.0 Å². The number of aryl methyl sites for hydroxylation is 2. The molecule has 0 aliphatic heterocycles. The second-order valence-electron chi connectivity index (χ2n) is 3.64. The predicted molar refractivity (Wildman–Crippen MR) is 75.7 cm³/mol. The largest absolute Gasteiger partial charge is 0.492 e. The van der Waals surface area contributed by atoms with Gasteiger partial charge in [0.1, 0.15) is 10.7 Å². The molecule has 2 nitrogen and oxygen atoms in total. The van der Waals surface area contributed by atoms with Crippen LogP contribution in [0.3, 0.4) is 0 Å². The first-order valence-electron chi connectivity index (χ1n) is 5.09. The molecule has 0 aliphatic carbocycles. The molecule has 0 aliphatic rings. The van der Waals surface area contributed by atoms with E-state index < -0.39 is 0 Å². The molecule has 0 aromatic heterocycles. The number of benzene rings is 1. The zero-order valence-electron chi connectivity index (χ0n) is 9.87. The summed E-state index contributed by atoms with van der Waals surface area (Å²) < 4.78 is 5.74. The standard InChI is InChI=1S/C12H17NOS2/c1-8-6-10(12(13)15)7-9(2)11(8)14-4-5-16-3/h6-7H,4-5H2,1-3H3,(H2,13,15). The van der Waals surface area contributed by atoms with E-state index in [1.165, 1.54) is 0 Å². The van der Waals surface area contributed by atoms with Crippen LogP contribution in [0.1, 0.15) is 16.7 Å². The molecule has 0 unspecified atom stereocenters. The van der Waals surface area contributed by atoms with Crippen molar-refractivity contribution in [1.29, 1.82) is 0 Å². The normalized spacial score (nSPS) is 10.2. The van der Waals surface area contributed by atoms with Gasteiger partial charge < -0.3 is 10.5 Å². The summed E-state index contributed by atoms with van der Waals surface area (Å²) in [6.07, 6.45) is 2.07. The maximum atomic E-state index is 5.74. The average molecular weight is 255 g/mol. The lowest BCUT2D eigenvalue weighted by Crippen LogP contribution is -2.11. The van der Waals surface area contributed by atoms with Gasteiger partial charge in [-0.1, -0.05) is 12.2 Å². The number of hydrogen-bond donors (Lipinski definition) is 1. The lowest BCUT2D eigenvalue weighted by atomic mass is 10.1. The summed E-state index contributed by atoms with van der Waals surface area (Å²) in [5.74, 6) is 1.95. The van der Waals surface area contributed by atoms with Gasteiger partial charge in [0.15, 0.2) is 0 Å². The Bertz CT molecular complexity index is 368. The van der Waals surface area contributed by atoms with Crippen LogP contribution in [-0.4, -0.2) is 23.6 Å². The first kappa shape index (κ1) is 13.3. The minimum atomic E-state index is 0.432. The van der Waals surface area contributed by atoms with E-state index in [9.17, 15) is 0 Å². The fourth-order valence-corrected chi connectivity index (χ4v) is 1.92. The second-order valence-corrected chi connectivity index (χ2v) is 5.07. The summed E-state index contributed by atoms with van der Waals surface area (Å²) in [5, 5.41) is 0. The van der Waals surface area contributed by atoms with Crippen molar-refractivity contribution in [2.75, 3.05) is 18.6 Å². The number of rotatable bonds is 5. The third-order valence-corrected chi connectivity index (χ3v) is 3.09. The summed E-state index contributed by atoms with van der Waals surface area (Å²) in [7, 11) is 0. The molecule has 0 saturated carbocycles. The highest BCUT2D eigenvalue weighted by molar-refractivity contribution is 7.98. The maximum absolute atomic E-state index is 5.74. The highest BCUT2D eigenvalue weighted by atomic mass is 32.2. The van der Waals surface area contributed by atoms with Gasteiger partial charge in [0.25, 0.3) is 0 Å². The van der Waals surface area contributed by atoms with Crippen molar-refractivity contribution in [1.82, 2.24) is 0 Å². The van der Waals surface area contributed by atoms with Gasteiger partial charge in [0.05, 0.1) is 6.61 Å². The lowest BCUT2D eigenvalue weighted by molar-refractivity contribution is 0.339. The third kappa shape index (κ3) is 3.39. The fourth-order valence-electron chi connectivity index (χ4n) is 1.55. The number of hydrogen-bond acceptors (Lipinski definition) is 3. The van der Waals surface area contributed by atoms with Crippen molar-refractivity contribution in [3.63, 3.8) is 0 Å². The Morgan fingerprint density at radius 1 is 1.38 bits per heavy atom. The maximum Gasteiger partial charge on any atom is 0.125 e. The van der Waals surface area contributed by atoms with Crippen LogP contribution in [0.4, 0.5) is 0 Å².